The molecule has 17 heavy (non-hydrogen) atoms. The van der Waals surface area contributed by atoms with Crippen LogP contribution in [0.5, 0.6) is 5.75 Å². The van der Waals surface area contributed by atoms with Gasteiger partial charge in [-0.25, -0.2) is 4.79 Å². The molecule has 1 rings (SSSR count). The van der Waals surface area contributed by atoms with Crippen LogP contribution >= 0.6 is 11.6 Å². The molecule has 0 amide bonds. The molecular weight excluding hydrogens is 240 g/mol. The highest BCUT2D eigenvalue weighted by molar-refractivity contribution is 6.31. The van der Waals surface area contributed by atoms with Crippen LogP contribution in [0.2, 0.25) is 5.02 Å². The van der Waals surface area contributed by atoms with E-state index in [0.717, 1.165) is 0 Å². The number of carbonyl (C=O) groups is 1. The minimum absolute atomic E-state index is 0.272. The van der Waals surface area contributed by atoms with E-state index >= 15 is 0 Å². The Morgan fingerprint density at radius 3 is 2.82 bits per heavy atom. The Bertz CT molecular complexity index is 448. The van der Waals surface area contributed by atoms with Crippen LogP contribution in [0.25, 0.3) is 0 Å². The van der Waals surface area contributed by atoms with Gasteiger partial charge in [-0.3, -0.25) is 0 Å². The van der Waals surface area contributed by atoms with Gasteiger partial charge in [0.25, 0.3) is 0 Å². The monoisotopic (exact) mass is 252 g/mol. The van der Waals surface area contributed by atoms with Gasteiger partial charge in [-0.1, -0.05) is 24.4 Å². The molecule has 3 nitrogen and oxygen atoms in total. The fourth-order valence-corrected chi connectivity index (χ4v) is 1.44. The van der Waals surface area contributed by atoms with Crippen LogP contribution in [0.3, 0.4) is 0 Å². The first-order valence-electron chi connectivity index (χ1n) is 5.13. The number of methoxy groups -OCH3 is 1. The standard InChI is InChI=1S/C13H13ClO3/c1-4-10(5-2)17-12-7-6-9(14)8-11(12)13(15)16-3/h1,6-8,10H,5H2,2-3H3. The van der Waals surface area contributed by atoms with Crippen molar-refractivity contribution in [2.24, 2.45) is 0 Å². The first-order chi connectivity index (χ1) is 8.12. The molecule has 0 spiro atoms. The molecule has 0 N–H and O–H groups in total. The zero-order chi connectivity index (χ0) is 12.8. The van der Waals surface area contributed by atoms with Crippen LogP contribution in [0.1, 0.15) is 23.7 Å². The third-order valence-electron chi connectivity index (χ3n) is 2.17. The normalized spacial score (nSPS) is 11.4. The van der Waals surface area contributed by atoms with Gasteiger partial charge < -0.3 is 9.47 Å². The molecule has 1 aromatic carbocycles. The smallest absolute Gasteiger partial charge is 0.341 e. The van der Waals surface area contributed by atoms with Crippen molar-refractivity contribution < 1.29 is 14.3 Å². The lowest BCUT2D eigenvalue weighted by molar-refractivity contribution is 0.0594. The summed E-state index contributed by atoms with van der Waals surface area (Å²) in [5, 5.41) is 0.437. The number of hydrogen-bond acceptors (Lipinski definition) is 3. The molecule has 0 bridgehead atoms. The van der Waals surface area contributed by atoms with Crippen molar-refractivity contribution in [3.05, 3.63) is 28.8 Å². The number of rotatable bonds is 4. The Hall–Kier alpha value is -1.66. The Labute approximate surface area is 106 Å². The van der Waals surface area contributed by atoms with Gasteiger partial charge in [-0.05, 0) is 24.6 Å². The maximum absolute atomic E-state index is 11.5. The Balaban J connectivity index is 3.06. The van der Waals surface area contributed by atoms with Crippen molar-refractivity contribution in [2.75, 3.05) is 7.11 Å². The van der Waals surface area contributed by atoms with Crippen molar-refractivity contribution >= 4 is 17.6 Å². The fourth-order valence-electron chi connectivity index (χ4n) is 1.26. The second kappa shape index (κ2) is 6.17. The largest absolute Gasteiger partial charge is 0.477 e. The molecule has 1 unspecified atom stereocenters. The molecule has 0 aliphatic carbocycles. The minimum Gasteiger partial charge on any atom is -0.477 e. The van der Waals surface area contributed by atoms with Crippen LogP contribution in [0.15, 0.2) is 18.2 Å². The van der Waals surface area contributed by atoms with Crippen molar-refractivity contribution in [3.8, 4) is 18.1 Å². The number of ether oxygens (including phenoxy) is 2. The predicted octanol–water partition coefficient (Wildman–Crippen LogP) is 2.92. The van der Waals surface area contributed by atoms with Crippen LogP contribution in [0, 0.1) is 12.3 Å². The predicted molar refractivity (Wildman–Crippen MR) is 66.3 cm³/mol. The lowest BCUT2D eigenvalue weighted by atomic mass is 10.2. The summed E-state index contributed by atoms with van der Waals surface area (Å²) < 4.78 is 10.2. The van der Waals surface area contributed by atoms with E-state index < -0.39 is 5.97 Å². The van der Waals surface area contributed by atoms with Gasteiger partial charge in [0, 0.05) is 5.02 Å². The van der Waals surface area contributed by atoms with E-state index in [9.17, 15) is 4.79 Å². The highest BCUT2D eigenvalue weighted by Crippen LogP contribution is 2.25. The van der Waals surface area contributed by atoms with Gasteiger partial charge in [0.15, 0.2) is 6.10 Å². The quantitative estimate of drug-likeness (QED) is 0.611. The third kappa shape index (κ3) is 3.40. The molecule has 0 saturated carbocycles. The van der Waals surface area contributed by atoms with Crippen LogP contribution in [0.4, 0.5) is 0 Å². The molecule has 1 atom stereocenters. The van der Waals surface area contributed by atoms with Crippen molar-refractivity contribution in [2.45, 2.75) is 19.4 Å². The average Bonchev–Trinajstić information content (AvgIpc) is 2.36. The van der Waals surface area contributed by atoms with E-state index in [2.05, 4.69) is 10.7 Å². The van der Waals surface area contributed by atoms with Gasteiger partial charge >= 0.3 is 5.97 Å². The van der Waals surface area contributed by atoms with Gasteiger partial charge in [-0.15, -0.1) is 6.42 Å². The van der Waals surface area contributed by atoms with Crippen LogP contribution in [-0.4, -0.2) is 19.2 Å². The maximum atomic E-state index is 11.5. The van der Waals surface area contributed by atoms with Gasteiger partial charge in [0.05, 0.1) is 7.11 Å². The molecule has 1 aromatic rings. The molecule has 0 aromatic heterocycles. The zero-order valence-corrected chi connectivity index (χ0v) is 10.5. The molecular formula is C13H13ClO3. The number of halogens is 1. The second-order valence-corrected chi connectivity index (χ2v) is 3.75. The molecule has 4 heteroatoms. The summed E-state index contributed by atoms with van der Waals surface area (Å²) in [6.07, 6.45) is 5.58. The van der Waals surface area contributed by atoms with E-state index in [1.54, 1.807) is 12.1 Å². The number of esters is 1. The van der Waals surface area contributed by atoms with E-state index in [-0.39, 0.29) is 11.7 Å². The summed E-state index contributed by atoms with van der Waals surface area (Å²) >= 11 is 5.82. The van der Waals surface area contributed by atoms with Crippen molar-refractivity contribution in [3.63, 3.8) is 0 Å². The van der Waals surface area contributed by atoms with Crippen LogP contribution < -0.4 is 4.74 Å². The Kier molecular flexibility index (Phi) is 4.86. The Morgan fingerprint density at radius 2 is 2.29 bits per heavy atom. The molecule has 0 aliphatic heterocycles. The fraction of sp³-hybridized carbons (Fsp3) is 0.308. The first kappa shape index (κ1) is 13.4. The summed E-state index contributed by atoms with van der Waals surface area (Å²) in [4.78, 5) is 11.5. The number of carbonyl (C=O) groups excluding carboxylic acids is 1. The van der Waals surface area contributed by atoms with Gasteiger partial charge in [0.1, 0.15) is 11.3 Å². The van der Waals surface area contributed by atoms with Crippen molar-refractivity contribution in [1.29, 1.82) is 0 Å². The van der Waals surface area contributed by atoms with Gasteiger partial charge in [-0.2, -0.15) is 0 Å². The van der Waals surface area contributed by atoms with Gasteiger partial charge in [0.2, 0.25) is 0 Å². The summed E-state index contributed by atoms with van der Waals surface area (Å²) in [5.41, 5.74) is 0.272. The molecule has 0 radical (unpaired) electrons. The summed E-state index contributed by atoms with van der Waals surface area (Å²) in [6.45, 7) is 1.90. The third-order valence-corrected chi connectivity index (χ3v) is 2.41. The highest BCUT2D eigenvalue weighted by atomic mass is 35.5. The Morgan fingerprint density at radius 1 is 1.59 bits per heavy atom. The lowest BCUT2D eigenvalue weighted by Gasteiger charge is -2.14. The molecule has 0 fully saturated rings. The average molecular weight is 253 g/mol. The van der Waals surface area contributed by atoms with Crippen LogP contribution in [-0.2, 0) is 4.74 Å². The SMILES string of the molecule is C#CC(CC)Oc1ccc(Cl)cc1C(=O)OC. The molecule has 90 valence electrons. The summed E-state index contributed by atoms with van der Waals surface area (Å²) in [5.74, 6) is 2.37. The van der Waals surface area contributed by atoms with E-state index in [1.807, 2.05) is 6.92 Å². The van der Waals surface area contributed by atoms with E-state index in [4.69, 9.17) is 22.8 Å². The molecule has 0 aliphatic rings. The molecule has 0 heterocycles. The van der Waals surface area contributed by atoms with Crippen molar-refractivity contribution in [1.82, 2.24) is 0 Å². The number of hydrogen-bond donors (Lipinski definition) is 0. The molecule has 0 saturated heterocycles. The zero-order valence-electron chi connectivity index (χ0n) is 9.70. The van der Waals surface area contributed by atoms with E-state index in [0.29, 0.717) is 17.2 Å². The summed E-state index contributed by atoms with van der Waals surface area (Å²) in [6, 6.07) is 4.73. The number of terminal acetylenes is 1. The topological polar surface area (TPSA) is 35.5 Å². The summed E-state index contributed by atoms with van der Waals surface area (Å²) in [7, 11) is 1.30. The maximum Gasteiger partial charge on any atom is 0.341 e. The second-order valence-electron chi connectivity index (χ2n) is 3.31. The first-order valence-corrected chi connectivity index (χ1v) is 5.50. The van der Waals surface area contributed by atoms with E-state index in [1.165, 1.54) is 13.2 Å². The highest BCUT2D eigenvalue weighted by Gasteiger charge is 2.16. The minimum atomic E-state index is -0.505. The lowest BCUT2D eigenvalue weighted by Crippen LogP contribution is -2.15. The number of benzene rings is 1.